The Morgan fingerprint density at radius 3 is 2.40 bits per heavy atom. The fraction of sp³-hybridized carbons (Fsp3) is 0.0741. The summed E-state index contributed by atoms with van der Waals surface area (Å²) < 4.78 is 10.9. The number of anilines is 3. The molecule has 0 fully saturated rings. The molecule has 0 amide bonds. The van der Waals surface area contributed by atoms with Gasteiger partial charge in [-0.15, -0.1) is 0 Å². The third kappa shape index (κ3) is 4.67. The number of rotatable bonds is 6. The van der Waals surface area contributed by atoms with Crippen molar-refractivity contribution < 1.29 is 9.47 Å². The number of methoxy groups -OCH3 is 2. The first-order chi connectivity index (χ1) is 17.0. The van der Waals surface area contributed by atoms with E-state index in [1.807, 2.05) is 72.8 Å². The van der Waals surface area contributed by atoms with E-state index in [4.69, 9.17) is 26.8 Å². The summed E-state index contributed by atoms with van der Waals surface area (Å²) >= 11 is 6.11. The maximum Gasteiger partial charge on any atom is 0.221 e. The topological polar surface area (TPSA) is 95.2 Å². The second kappa shape index (κ2) is 9.48. The number of nitrogens with one attached hydrogen (secondary N) is 1. The average Bonchev–Trinajstić information content (AvgIpc) is 2.88. The zero-order valence-corrected chi connectivity index (χ0v) is 19.9. The van der Waals surface area contributed by atoms with Crippen molar-refractivity contribution in [2.24, 2.45) is 0 Å². The van der Waals surface area contributed by atoms with Crippen LogP contribution in [0.4, 0.5) is 17.3 Å². The van der Waals surface area contributed by atoms with Crippen LogP contribution in [-0.2, 0) is 0 Å². The molecule has 5 rings (SSSR count). The van der Waals surface area contributed by atoms with Crippen LogP contribution >= 0.6 is 11.6 Å². The highest BCUT2D eigenvalue weighted by Crippen LogP contribution is 2.35. The van der Waals surface area contributed by atoms with E-state index in [9.17, 15) is 0 Å². The number of benzene rings is 3. The van der Waals surface area contributed by atoms with Gasteiger partial charge in [0.15, 0.2) is 0 Å². The summed E-state index contributed by atoms with van der Waals surface area (Å²) in [5.74, 6) is 1.53. The van der Waals surface area contributed by atoms with Crippen LogP contribution in [0.25, 0.3) is 33.4 Å². The normalized spacial score (nSPS) is 10.8. The Morgan fingerprint density at radius 1 is 0.829 bits per heavy atom. The van der Waals surface area contributed by atoms with Crippen LogP contribution in [0.1, 0.15) is 0 Å². The minimum atomic E-state index is 0.173. The van der Waals surface area contributed by atoms with Crippen LogP contribution in [0.5, 0.6) is 11.5 Å². The van der Waals surface area contributed by atoms with Gasteiger partial charge in [-0.3, -0.25) is 4.98 Å². The lowest BCUT2D eigenvalue weighted by molar-refractivity contribution is 0.404. The molecular formula is C27H22ClN5O2. The van der Waals surface area contributed by atoms with Crippen LogP contribution in [0.3, 0.4) is 0 Å². The summed E-state index contributed by atoms with van der Waals surface area (Å²) in [6.07, 6.45) is 1.76. The molecule has 0 spiro atoms. The lowest BCUT2D eigenvalue weighted by Gasteiger charge is -2.12. The van der Waals surface area contributed by atoms with Crippen LogP contribution < -0.4 is 20.5 Å². The molecule has 2 aromatic heterocycles. The molecule has 0 atom stereocenters. The predicted molar refractivity (Wildman–Crippen MR) is 140 cm³/mol. The number of nitrogens with two attached hydrogens (primary N) is 1. The molecule has 8 heteroatoms. The van der Waals surface area contributed by atoms with Crippen LogP contribution in [0.15, 0.2) is 79.0 Å². The Morgan fingerprint density at radius 2 is 1.63 bits per heavy atom. The van der Waals surface area contributed by atoms with Crippen molar-refractivity contribution in [3.05, 3.63) is 84.0 Å². The monoisotopic (exact) mass is 483 g/mol. The maximum atomic E-state index is 6.11. The molecule has 0 saturated carbocycles. The molecule has 7 nitrogen and oxygen atoms in total. The molecule has 0 aliphatic rings. The van der Waals surface area contributed by atoms with E-state index < -0.39 is 0 Å². The van der Waals surface area contributed by atoms with Gasteiger partial charge in [-0.1, -0.05) is 23.7 Å². The molecule has 0 aliphatic heterocycles. The molecule has 2 heterocycles. The second-order valence-electron chi connectivity index (χ2n) is 7.79. The van der Waals surface area contributed by atoms with Gasteiger partial charge in [0.2, 0.25) is 5.95 Å². The molecule has 0 saturated heterocycles. The van der Waals surface area contributed by atoms with Gasteiger partial charge in [-0.2, -0.15) is 0 Å². The fourth-order valence-corrected chi connectivity index (χ4v) is 4.04. The summed E-state index contributed by atoms with van der Waals surface area (Å²) in [7, 11) is 3.23. The number of fused-ring (bicyclic) bond motifs is 1. The number of ether oxygens (including phenoxy) is 2. The van der Waals surface area contributed by atoms with Crippen molar-refractivity contribution in [3.8, 4) is 34.0 Å². The third-order valence-electron chi connectivity index (χ3n) is 5.59. The summed E-state index contributed by atoms with van der Waals surface area (Å²) in [5, 5.41) is 5.09. The van der Waals surface area contributed by atoms with Crippen molar-refractivity contribution >= 4 is 39.8 Å². The summed E-state index contributed by atoms with van der Waals surface area (Å²) in [6.45, 7) is 0. The van der Waals surface area contributed by atoms with Crippen LogP contribution in [0, 0.1) is 0 Å². The summed E-state index contributed by atoms with van der Waals surface area (Å²) in [6, 6.07) is 23.0. The lowest BCUT2D eigenvalue weighted by Crippen LogP contribution is -2.00. The maximum absolute atomic E-state index is 6.11. The standard InChI is InChI=1S/C27H22ClN5O2/c1-34-19-8-10-26(35-2)21(14-19)25-15-23(32-27(29)33-25)16-3-6-18(7-4-16)31-22-11-12-30-24-13-17(28)5-9-20(22)24/h3-15H,1-2H3,(H,30,31)(H2,29,32,33). The van der Waals surface area contributed by atoms with E-state index in [-0.39, 0.29) is 5.95 Å². The first kappa shape index (κ1) is 22.4. The van der Waals surface area contributed by atoms with Gasteiger partial charge in [0, 0.05) is 39.1 Å². The SMILES string of the molecule is COc1ccc(OC)c(-c2cc(-c3ccc(Nc4ccnc5cc(Cl)ccc45)cc3)nc(N)n2)c1. The van der Waals surface area contributed by atoms with E-state index in [2.05, 4.69) is 20.3 Å². The quantitative estimate of drug-likeness (QED) is 0.290. The number of hydrogen-bond donors (Lipinski definition) is 2. The molecule has 5 aromatic rings. The van der Waals surface area contributed by atoms with Gasteiger partial charge < -0.3 is 20.5 Å². The first-order valence-corrected chi connectivity index (χ1v) is 11.2. The molecule has 174 valence electrons. The zero-order chi connectivity index (χ0) is 24.4. The van der Waals surface area contributed by atoms with E-state index in [0.29, 0.717) is 27.9 Å². The molecule has 0 aliphatic carbocycles. The number of pyridine rings is 1. The van der Waals surface area contributed by atoms with Gasteiger partial charge in [-0.05, 0) is 60.7 Å². The van der Waals surface area contributed by atoms with Gasteiger partial charge >= 0.3 is 0 Å². The van der Waals surface area contributed by atoms with Crippen LogP contribution in [-0.4, -0.2) is 29.2 Å². The number of aromatic nitrogens is 3. The van der Waals surface area contributed by atoms with Crippen molar-refractivity contribution in [2.45, 2.75) is 0 Å². The van der Waals surface area contributed by atoms with Crippen molar-refractivity contribution in [2.75, 3.05) is 25.3 Å². The Labute approximate surface area is 207 Å². The predicted octanol–water partition coefficient (Wildman–Crippen LogP) is 6.36. The molecule has 0 unspecified atom stereocenters. The third-order valence-corrected chi connectivity index (χ3v) is 5.83. The largest absolute Gasteiger partial charge is 0.497 e. The van der Waals surface area contributed by atoms with Gasteiger partial charge in [0.1, 0.15) is 11.5 Å². The number of hydrogen-bond acceptors (Lipinski definition) is 7. The number of nitrogens with zero attached hydrogens (tertiary/aromatic N) is 3. The van der Waals surface area contributed by atoms with Gasteiger partial charge in [-0.25, -0.2) is 9.97 Å². The molecular weight excluding hydrogens is 462 g/mol. The molecule has 0 bridgehead atoms. The van der Waals surface area contributed by atoms with Gasteiger partial charge in [0.05, 0.1) is 31.1 Å². The van der Waals surface area contributed by atoms with E-state index in [1.165, 1.54) is 0 Å². The first-order valence-electron chi connectivity index (χ1n) is 10.8. The second-order valence-corrected chi connectivity index (χ2v) is 8.22. The Kier molecular flexibility index (Phi) is 6.08. The Balaban J connectivity index is 1.46. The molecule has 0 radical (unpaired) electrons. The van der Waals surface area contributed by atoms with Crippen molar-refractivity contribution in [3.63, 3.8) is 0 Å². The van der Waals surface area contributed by atoms with E-state index in [0.717, 1.165) is 33.4 Å². The smallest absolute Gasteiger partial charge is 0.221 e. The number of nitrogen functional groups attached to an aromatic ring is 1. The highest BCUT2D eigenvalue weighted by Gasteiger charge is 2.13. The Hall–Kier alpha value is -4.36. The minimum Gasteiger partial charge on any atom is -0.497 e. The highest BCUT2D eigenvalue weighted by molar-refractivity contribution is 6.31. The molecule has 35 heavy (non-hydrogen) atoms. The van der Waals surface area contributed by atoms with Crippen molar-refractivity contribution in [1.29, 1.82) is 0 Å². The van der Waals surface area contributed by atoms with Crippen molar-refractivity contribution in [1.82, 2.24) is 15.0 Å². The molecule has 3 aromatic carbocycles. The van der Waals surface area contributed by atoms with Gasteiger partial charge in [0.25, 0.3) is 0 Å². The lowest BCUT2D eigenvalue weighted by atomic mass is 10.1. The average molecular weight is 484 g/mol. The zero-order valence-electron chi connectivity index (χ0n) is 19.1. The van der Waals surface area contributed by atoms with Crippen LogP contribution in [0.2, 0.25) is 5.02 Å². The summed E-state index contributed by atoms with van der Waals surface area (Å²) in [4.78, 5) is 13.3. The molecule has 3 N–H and O–H groups in total. The number of halogens is 1. The van der Waals surface area contributed by atoms with E-state index >= 15 is 0 Å². The summed E-state index contributed by atoms with van der Waals surface area (Å²) in [5.41, 5.74) is 11.8. The highest BCUT2D eigenvalue weighted by atomic mass is 35.5. The minimum absolute atomic E-state index is 0.173. The Bertz CT molecular complexity index is 1520. The van der Waals surface area contributed by atoms with E-state index in [1.54, 1.807) is 20.4 Å². The fourth-order valence-electron chi connectivity index (χ4n) is 3.88.